The quantitative estimate of drug-likeness (QED) is 0.314. The molecule has 0 amide bonds. The molecule has 0 aliphatic heterocycles. The summed E-state index contributed by atoms with van der Waals surface area (Å²) >= 11 is 0. The van der Waals surface area contributed by atoms with Crippen LogP contribution in [0.4, 0.5) is 0 Å². The number of hydrogen-bond donors (Lipinski definition) is 4. The maximum atomic E-state index is 9.68. The summed E-state index contributed by atoms with van der Waals surface area (Å²) in [4.78, 5) is 28.6. The number of ketones is 1. The van der Waals surface area contributed by atoms with E-state index in [0.717, 1.165) is 6.92 Å². The average Bonchev–Trinajstić information content (AvgIpc) is 2.03. The van der Waals surface area contributed by atoms with Crippen molar-refractivity contribution >= 4 is 17.7 Å². The van der Waals surface area contributed by atoms with Crippen molar-refractivity contribution in [1.82, 2.24) is 6.15 Å². The lowest BCUT2D eigenvalue weighted by molar-refractivity contribution is -0.148. The molecule has 0 aliphatic rings. The number of aliphatic carboxylic acids is 2. The number of carbonyl (C=O) groups is 3. The Morgan fingerprint density at radius 1 is 1.27 bits per heavy atom. The first-order valence-corrected chi connectivity index (χ1v) is 3.08. The molecule has 0 rings (SSSR count). The van der Waals surface area contributed by atoms with E-state index >= 15 is 0 Å². The molecule has 0 aromatic carbocycles. The Kier molecular flexibility index (Phi) is 19.4. The number of rotatable bonds is 3. The van der Waals surface area contributed by atoms with Gasteiger partial charge in [0.2, 0.25) is 12.0 Å². The number of carboxylic acids is 2. The summed E-state index contributed by atoms with van der Waals surface area (Å²) in [5.74, 6) is -3.35. The maximum absolute atomic E-state index is 9.68. The molecule has 1 atom stereocenters. The molecule has 0 bridgehead atoms. The Labute approximate surface area is 85.7 Å². The zero-order chi connectivity index (χ0) is 11.0. The third-order valence-electron chi connectivity index (χ3n) is 0.799. The summed E-state index contributed by atoms with van der Waals surface area (Å²) in [5.41, 5.74) is 4.79. The predicted octanol–water partition coefficient (Wildman–Crippen LogP) is -2.00. The van der Waals surface area contributed by atoms with Gasteiger partial charge in [-0.3, -0.25) is 10.5 Å². The summed E-state index contributed by atoms with van der Waals surface area (Å²) in [7, 11) is 1.23. The number of methoxy groups -OCH3 is 1. The minimum atomic E-state index is -1.38. The highest BCUT2D eigenvalue weighted by Crippen LogP contribution is 1.74. The normalized spacial score (nSPS) is 9.27. The monoisotopic (exact) mass is 228 g/mol. The van der Waals surface area contributed by atoms with Crippen LogP contribution in [0.2, 0.25) is 0 Å². The molecule has 0 radical (unpaired) electrons. The van der Waals surface area contributed by atoms with Crippen molar-refractivity contribution in [2.24, 2.45) is 5.73 Å². The van der Waals surface area contributed by atoms with Gasteiger partial charge >= 0.3 is 11.9 Å². The van der Waals surface area contributed by atoms with Gasteiger partial charge in [0.25, 0.3) is 0 Å². The number of carboxylic acid groups (broad SMARTS) is 2. The van der Waals surface area contributed by atoms with Gasteiger partial charge in [0, 0.05) is 14.0 Å². The Morgan fingerprint density at radius 2 is 1.53 bits per heavy atom. The number of ether oxygens (including phenoxy) is 1. The molecule has 0 saturated heterocycles. The molecule has 9 heteroatoms. The SMILES string of the molecule is CC(=O)C(=O)O.COC(N)C(=O)O.N.O. The number of hydrogen-bond acceptors (Lipinski definition) is 6. The van der Waals surface area contributed by atoms with Crippen LogP contribution in [0.25, 0.3) is 0 Å². The van der Waals surface area contributed by atoms with Crippen LogP contribution in [0.15, 0.2) is 0 Å². The average molecular weight is 228 g/mol. The highest BCUT2D eigenvalue weighted by molar-refractivity contribution is 6.31. The van der Waals surface area contributed by atoms with E-state index in [1.807, 2.05) is 0 Å². The van der Waals surface area contributed by atoms with E-state index in [4.69, 9.17) is 15.9 Å². The lowest BCUT2D eigenvalue weighted by Crippen LogP contribution is -2.31. The molecule has 0 aliphatic carbocycles. The third kappa shape index (κ3) is 19.0. The van der Waals surface area contributed by atoms with Gasteiger partial charge in [0.05, 0.1) is 0 Å². The first-order chi connectivity index (χ1) is 5.82. The highest BCUT2D eigenvalue weighted by atomic mass is 16.5. The Balaban J connectivity index is -0.0000000718. The van der Waals surface area contributed by atoms with Crippen molar-refractivity contribution in [2.75, 3.05) is 7.11 Å². The Bertz CT molecular complexity index is 194. The molecular weight excluding hydrogens is 212 g/mol. The van der Waals surface area contributed by atoms with Crippen LogP contribution in [0.3, 0.4) is 0 Å². The first-order valence-electron chi connectivity index (χ1n) is 3.08. The van der Waals surface area contributed by atoms with E-state index in [2.05, 4.69) is 4.74 Å². The van der Waals surface area contributed by atoms with E-state index in [1.54, 1.807) is 0 Å². The predicted molar refractivity (Wildman–Crippen MR) is 49.6 cm³/mol. The van der Waals surface area contributed by atoms with Gasteiger partial charge in [-0.25, -0.2) is 9.59 Å². The number of Topliss-reactive ketones (excluding diaryl/α,β-unsaturated/α-hetero) is 1. The van der Waals surface area contributed by atoms with E-state index in [9.17, 15) is 14.4 Å². The molecule has 9 nitrogen and oxygen atoms in total. The van der Waals surface area contributed by atoms with Gasteiger partial charge in [-0.15, -0.1) is 0 Å². The summed E-state index contributed by atoms with van der Waals surface area (Å²) < 4.78 is 4.19. The summed E-state index contributed by atoms with van der Waals surface area (Å²) in [5, 5.41) is 15.6. The van der Waals surface area contributed by atoms with Crippen molar-refractivity contribution in [1.29, 1.82) is 0 Å². The fraction of sp³-hybridized carbons (Fsp3) is 0.500. The summed E-state index contributed by atoms with van der Waals surface area (Å²) in [6.07, 6.45) is -1.18. The minimum absolute atomic E-state index is 0. The summed E-state index contributed by atoms with van der Waals surface area (Å²) in [6.45, 7) is 1.00. The second kappa shape index (κ2) is 12.4. The second-order valence-electron chi connectivity index (χ2n) is 1.86. The Morgan fingerprint density at radius 3 is 1.53 bits per heavy atom. The molecule has 0 heterocycles. The van der Waals surface area contributed by atoms with Gasteiger partial charge < -0.3 is 26.6 Å². The standard InChI is InChI=1S/C3H7NO3.C3H4O3.H3N.H2O/c1-7-2(4)3(5)6;1-2(4)3(5)6;;/h2H,4H2,1H3,(H,5,6);1H3,(H,5,6);1H3;1H2. The second-order valence-corrected chi connectivity index (χ2v) is 1.86. The van der Waals surface area contributed by atoms with Gasteiger partial charge in [-0.1, -0.05) is 0 Å². The molecule has 92 valence electrons. The largest absolute Gasteiger partial charge is 0.478 e. The zero-order valence-electron chi connectivity index (χ0n) is 8.39. The minimum Gasteiger partial charge on any atom is -0.478 e. The number of carbonyl (C=O) groups excluding carboxylic acids is 1. The molecule has 9 N–H and O–H groups in total. The van der Waals surface area contributed by atoms with Crippen LogP contribution in [0.5, 0.6) is 0 Å². The van der Waals surface area contributed by atoms with Crippen LogP contribution in [0, 0.1) is 0 Å². The summed E-state index contributed by atoms with van der Waals surface area (Å²) in [6, 6.07) is 0. The van der Waals surface area contributed by atoms with Crippen LogP contribution in [-0.2, 0) is 19.1 Å². The van der Waals surface area contributed by atoms with Crippen molar-refractivity contribution in [3.05, 3.63) is 0 Å². The van der Waals surface area contributed by atoms with Crippen LogP contribution < -0.4 is 11.9 Å². The highest BCUT2D eigenvalue weighted by Gasteiger charge is 2.06. The van der Waals surface area contributed by atoms with Crippen molar-refractivity contribution in [3.8, 4) is 0 Å². The molecule has 15 heavy (non-hydrogen) atoms. The van der Waals surface area contributed by atoms with Gasteiger partial charge in [0.1, 0.15) is 0 Å². The molecule has 1 unspecified atom stereocenters. The van der Waals surface area contributed by atoms with Gasteiger partial charge in [0.15, 0.2) is 0 Å². The van der Waals surface area contributed by atoms with Crippen LogP contribution in [-0.4, -0.2) is 46.7 Å². The fourth-order valence-corrected chi connectivity index (χ4v) is 0.101. The smallest absolute Gasteiger partial charge is 0.371 e. The lowest BCUT2D eigenvalue weighted by Gasteiger charge is -1.99. The zero-order valence-corrected chi connectivity index (χ0v) is 8.39. The third-order valence-corrected chi connectivity index (χ3v) is 0.799. The first kappa shape index (κ1) is 23.3. The molecule has 0 spiro atoms. The van der Waals surface area contributed by atoms with Gasteiger partial charge in [-0.05, 0) is 0 Å². The molecule has 0 fully saturated rings. The van der Waals surface area contributed by atoms with Gasteiger partial charge in [-0.2, -0.15) is 0 Å². The molecule has 0 aromatic rings. The fourth-order valence-electron chi connectivity index (χ4n) is 0.101. The van der Waals surface area contributed by atoms with E-state index in [1.165, 1.54) is 7.11 Å². The number of nitrogens with two attached hydrogens (primary N) is 1. The van der Waals surface area contributed by atoms with Crippen LogP contribution in [0.1, 0.15) is 6.92 Å². The van der Waals surface area contributed by atoms with E-state index in [-0.39, 0.29) is 11.6 Å². The molecular formula is C6H16N2O7. The van der Waals surface area contributed by atoms with E-state index in [0.29, 0.717) is 0 Å². The molecule has 0 saturated carbocycles. The maximum Gasteiger partial charge on any atom is 0.371 e. The van der Waals surface area contributed by atoms with E-state index < -0.39 is 23.9 Å². The lowest BCUT2D eigenvalue weighted by atomic mass is 10.5. The van der Waals surface area contributed by atoms with Crippen molar-refractivity contribution < 1.29 is 34.8 Å². The topological polar surface area (TPSA) is 193 Å². The van der Waals surface area contributed by atoms with Crippen molar-refractivity contribution in [3.63, 3.8) is 0 Å². The molecule has 0 aromatic heterocycles. The Hall–Kier alpha value is -1.55. The van der Waals surface area contributed by atoms with Crippen molar-refractivity contribution in [2.45, 2.75) is 13.2 Å². The van der Waals surface area contributed by atoms with Crippen LogP contribution >= 0.6 is 0 Å².